The van der Waals surface area contributed by atoms with Crippen LogP contribution in [0, 0.1) is 10.6 Å². The van der Waals surface area contributed by atoms with Crippen molar-refractivity contribution in [2.24, 2.45) is 5.10 Å². The average molecular weight is 353 g/mol. The summed E-state index contributed by atoms with van der Waals surface area (Å²) in [7, 11) is 0. The summed E-state index contributed by atoms with van der Waals surface area (Å²) in [5.74, 6) is 1.06. The fraction of sp³-hybridized carbons (Fsp3) is 0.0714. The molecule has 2 heterocycles. The Morgan fingerprint density at radius 3 is 3.04 bits per heavy atom. The third-order valence-electron chi connectivity index (χ3n) is 2.79. The summed E-state index contributed by atoms with van der Waals surface area (Å²) in [4.78, 5) is 0. The van der Waals surface area contributed by atoms with Crippen LogP contribution in [0.2, 0.25) is 5.02 Å². The average Bonchev–Trinajstić information content (AvgIpc) is 3.13. The number of halogens is 2. The molecule has 3 rings (SSSR count). The molecule has 3 aromatic rings. The van der Waals surface area contributed by atoms with Gasteiger partial charge in [0.15, 0.2) is 0 Å². The summed E-state index contributed by atoms with van der Waals surface area (Å²) >= 11 is 10.8. The third kappa shape index (κ3) is 3.85. The molecule has 0 aliphatic carbocycles. The lowest BCUT2D eigenvalue weighted by Crippen LogP contribution is -1.94. The molecule has 0 unspecified atom stereocenters. The van der Waals surface area contributed by atoms with E-state index in [1.54, 1.807) is 12.1 Å². The zero-order chi connectivity index (χ0) is 16.2. The van der Waals surface area contributed by atoms with Crippen molar-refractivity contribution in [1.82, 2.24) is 14.9 Å². The van der Waals surface area contributed by atoms with E-state index in [0.717, 1.165) is 0 Å². The molecule has 0 radical (unpaired) electrons. The first-order valence-corrected chi connectivity index (χ1v) is 7.23. The van der Waals surface area contributed by atoms with E-state index in [4.69, 9.17) is 33.0 Å². The quantitative estimate of drug-likeness (QED) is 0.560. The van der Waals surface area contributed by atoms with Crippen molar-refractivity contribution in [2.75, 3.05) is 0 Å². The van der Waals surface area contributed by atoms with Gasteiger partial charge in [-0.1, -0.05) is 11.6 Å². The van der Waals surface area contributed by atoms with Crippen LogP contribution in [-0.2, 0) is 6.61 Å². The first-order valence-electron chi connectivity index (χ1n) is 6.45. The van der Waals surface area contributed by atoms with Crippen LogP contribution in [-0.4, -0.2) is 21.1 Å². The van der Waals surface area contributed by atoms with Gasteiger partial charge in [0, 0.05) is 0 Å². The molecule has 0 saturated heterocycles. The molecule has 2 aromatic heterocycles. The van der Waals surface area contributed by atoms with E-state index in [-0.39, 0.29) is 11.6 Å². The maximum absolute atomic E-state index is 13.0. The van der Waals surface area contributed by atoms with Gasteiger partial charge in [0.2, 0.25) is 4.77 Å². The number of hydrogen-bond acceptors (Lipinski definition) is 5. The number of H-pyrrole nitrogens is 1. The van der Waals surface area contributed by atoms with Gasteiger partial charge in [-0.15, -0.1) is 0 Å². The molecule has 1 aromatic carbocycles. The minimum Gasteiger partial charge on any atom is -0.484 e. The van der Waals surface area contributed by atoms with E-state index in [9.17, 15) is 4.39 Å². The lowest BCUT2D eigenvalue weighted by molar-refractivity contribution is 0.269. The van der Waals surface area contributed by atoms with E-state index in [2.05, 4.69) is 15.3 Å². The minimum atomic E-state index is -0.420. The normalized spacial score (nSPS) is 11.2. The van der Waals surface area contributed by atoms with Crippen LogP contribution >= 0.6 is 23.8 Å². The van der Waals surface area contributed by atoms with Gasteiger partial charge in [-0.2, -0.15) is 14.9 Å². The number of aromatic amines is 1. The highest BCUT2D eigenvalue weighted by Gasteiger charge is 2.06. The van der Waals surface area contributed by atoms with E-state index in [0.29, 0.717) is 22.0 Å². The number of ether oxygens (including phenoxy) is 1. The summed E-state index contributed by atoms with van der Waals surface area (Å²) in [5, 5.41) is 10.6. The molecule has 0 aliphatic heterocycles. The standard InChI is InChI=1S/C14H10ClFN4O2S/c15-12-5-9(16)1-4-13(12)21-7-11-3-2-10(22-11)6-18-20-8-17-19-14(20)23/h1-6,8H,7H2,(H,19,23)/b18-6+. The highest BCUT2D eigenvalue weighted by atomic mass is 35.5. The molecule has 23 heavy (non-hydrogen) atoms. The van der Waals surface area contributed by atoms with Crippen molar-refractivity contribution in [2.45, 2.75) is 6.61 Å². The number of nitrogens with zero attached hydrogens (tertiary/aromatic N) is 3. The minimum absolute atomic E-state index is 0.157. The largest absolute Gasteiger partial charge is 0.484 e. The zero-order valence-electron chi connectivity index (χ0n) is 11.6. The van der Waals surface area contributed by atoms with Gasteiger partial charge in [-0.05, 0) is 42.5 Å². The molecule has 6 nitrogen and oxygen atoms in total. The van der Waals surface area contributed by atoms with E-state index in [1.807, 2.05) is 0 Å². The van der Waals surface area contributed by atoms with E-state index < -0.39 is 5.82 Å². The third-order valence-corrected chi connectivity index (χ3v) is 3.36. The molecule has 0 amide bonds. The Morgan fingerprint density at radius 2 is 2.30 bits per heavy atom. The zero-order valence-corrected chi connectivity index (χ0v) is 13.1. The molecule has 0 fully saturated rings. The van der Waals surface area contributed by atoms with Gasteiger partial charge < -0.3 is 9.15 Å². The maximum atomic E-state index is 13.0. The molecular weight excluding hydrogens is 343 g/mol. The predicted molar refractivity (Wildman–Crippen MR) is 84.9 cm³/mol. The van der Waals surface area contributed by atoms with Crippen molar-refractivity contribution in [1.29, 1.82) is 0 Å². The maximum Gasteiger partial charge on any atom is 0.216 e. The smallest absolute Gasteiger partial charge is 0.216 e. The molecule has 118 valence electrons. The van der Waals surface area contributed by atoms with Crippen LogP contribution in [0.15, 0.2) is 46.2 Å². The second-order valence-electron chi connectivity index (χ2n) is 4.42. The second kappa shape index (κ2) is 6.76. The van der Waals surface area contributed by atoms with Gasteiger partial charge in [-0.3, -0.25) is 5.10 Å². The molecule has 0 saturated carbocycles. The Morgan fingerprint density at radius 1 is 1.43 bits per heavy atom. The topological polar surface area (TPSA) is 68.3 Å². The predicted octanol–water partition coefficient (Wildman–Crippen LogP) is 3.79. The van der Waals surface area contributed by atoms with Gasteiger partial charge in [0.25, 0.3) is 0 Å². The highest BCUT2D eigenvalue weighted by molar-refractivity contribution is 7.71. The number of benzene rings is 1. The number of nitrogens with one attached hydrogen (secondary N) is 1. The fourth-order valence-electron chi connectivity index (χ4n) is 1.73. The van der Waals surface area contributed by atoms with Crippen LogP contribution < -0.4 is 4.74 Å². The molecular formula is C14H10ClFN4O2S. The first kappa shape index (κ1) is 15.4. The van der Waals surface area contributed by atoms with Crippen molar-refractivity contribution >= 4 is 30.0 Å². The number of furan rings is 1. The summed E-state index contributed by atoms with van der Waals surface area (Å²) in [6, 6.07) is 7.40. The summed E-state index contributed by atoms with van der Waals surface area (Å²) in [6.07, 6.45) is 2.95. The molecule has 9 heteroatoms. The van der Waals surface area contributed by atoms with Crippen molar-refractivity contribution in [3.05, 3.63) is 63.8 Å². The Bertz CT molecular complexity index is 902. The van der Waals surface area contributed by atoms with Gasteiger partial charge >= 0.3 is 0 Å². The van der Waals surface area contributed by atoms with Gasteiger partial charge in [0.1, 0.15) is 36.0 Å². The summed E-state index contributed by atoms with van der Waals surface area (Å²) < 4.78 is 25.8. The summed E-state index contributed by atoms with van der Waals surface area (Å²) in [5.41, 5.74) is 0. The van der Waals surface area contributed by atoms with Crippen molar-refractivity contribution < 1.29 is 13.5 Å². The second-order valence-corrected chi connectivity index (χ2v) is 5.21. The Hall–Kier alpha value is -2.45. The first-order chi connectivity index (χ1) is 11.1. The lowest BCUT2D eigenvalue weighted by Gasteiger charge is -2.05. The monoisotopic (exact) mass is 352 g/mol. The lowest BCUT2D eigenvalue weighted by atomic mass is 10.3. The van der Waals surface area contributed by atoms with E-state index in [1.165, 1.54) is 35.4 Å². The molecule has 0 bridgehead atoms. The molecule has 0 atom stereocenters. The van der Waals surface area contributed by atoms with Crippen LogP contribution in [0.5, 0.6) is 5.75 Å². The van der Waals surface area contributed by atoms with Gasteiger partial charge in [0.05, 0.1) is 11.2 Å². The Balaban J connectivity index is 1.64. The van der Waals surface area contributed by atoms with E-state index >= 15 is 0 Å². The number of rotatable bonds is 5. The van der Waals surface area contributed by atoms with Crippen LogP contribution in [0.3, 0.4) is 0 Å². The van der Waals surface area contributed by atoms with Crippen LogP contribution in [0.4, 0.5) is 4.39 Å². The Kier molecular flexibility index (Phi) is 4.54. The Labute approximate surface area is 140 Å². The SMILES string of the molecule is Fc1ccc(OCc2ccc(/C=N/n3cn[nH]c3=S)o2)c(Cl)c1. The van der Waals surface area contributed by atoms with Gasteiger partial charge in [-0.25, -0.2) is 4.39 Å². The molecule has 0 spiro atoms. The van der Waals surface area contributed by atoms with Crippen LogP contribution in [0.25, 0.3) is 0 Å². The van der Waals surface area contributed by atoms with Crippen molar-refractivity contribution in [3.8, 4) is 5.75 Å². The molecule has 0 aliphatic rings. The highest BCUT2D eigenvalue weighted by Crippen LogP contribution is 2.25. The van der Waals surface area contributed by atoms with Crippen molar-refractivity contribution in [3.63, 3.8) is 0 Å². The number of hydrogen-bond donors (Lipinski definition) is 1. The summed E-state index contributed by atoms with van der Waals surface area (Å²) in [6.45, 7) is 0.157. The van der Waals surface area contributed by atoms with Crippen LogP contribution in [0.1, 0.15) is 11.5 Å². The number of aromatic nitrogens is 3. The molecule has 1 N–H and O–H groups in total. The fourth-order valence-corrected chi connectivity index (χ4v) is 2.10.